The fourth-order valence-electron chi connectivity index (χ4n) is 6.79. The van der Waals surface area contributed by atoms with E-state index >= 15 is 0 Å². The average Bonchev–Trinajstić information content (AvgIpc) is 3.55. The topological polar surface area (TPSA) is 43.2 Å². The average molecular weight is 487 g/mol. The van der Waals surface area contributed by atoms with Gasteiger partial charge in [0.05, 0.1) is 35.7 Å². The Morgan fingerprint density at radius 1 is 0.919 bits per heavy atom. The lowest BCUT2D eigenvalue weighted by atomic mass is 9.91. The molecule has 0 amide bonds. The van der Waals surface area contributed by atoms with Gasteiger partial charge in [-0.2, -0.15) is 5.10 Å². The molecular formula is C31H30N6. The summed E-state index contributed by atoms with van der Waals surface area (Å²) in [5.74, 6) is 0.707. The van der Waals surface area contributed by atoms with E-state index in [1.807, 2.05) is 30.1 Å². The number of aromatic nitrogens is 4. The van der Waals surface area contributed by atoms with E-state index in [1.54, 1.807) is 0 Å². The SMILES string of the molecule is [C-]#[N+]c1ccc(-c2c(-c3ccc4c(cnn4C)c3)ncc3c2ccn3CC2C[C@H]3CC[C@@H](C2)N3C)cc1. The highest BCUT2D eigenvalue weighted by atomic mass is 15.2. The summed E-state index contributed by atoms with van der Waals surface area (Å²) >= 11 is 0. The summed E-state index contributed by atoms with van der Waals surface area (Å²) in [5.41, 5.74) is 7.18. The van der Waals surface area contributed by atoms with E-state index in [0.717, 1.165) is 51.9 Å². The number of fused-ring (bicyclic) bond motifs is 4. The van der Waals surface area contributed by atoms with E-state index in [4.69, 9.17) is 11.6 Å². The van der Waals surface area contributed by atoms with Crippen molar-refractivity contribution in [2.24, 2.45) is 13.0 Å². The monoisotopic (exact) mass is 486 g/mol. The zero-order valence-corrected chi connectivity index (χ0v) is 21.3. The van der Waals surface area contributed by atoms with Gasteiger partial charge >= 0.3 is 0 Å². The molecule has 6 heteroatoms. The van der Waals surface area contributed by atoms with Crippen LogP contribution in [0.5, 0.6) is 0 Å². The lowest BCUT2D eigenvalue weighted by Crippen LogP contribution is -2.40. The number of pyridine rings is 1. The Morgan fingerprint density at radius 3 is 2.43 bits per heavy atom. The Bertz CT molecular complexity index is 1650. The number of benzene rings is 2. The Labute approximate surface area is 217 Å². The van der Waals surface area contributed by atoms with Crippen molar-refractivity contribution in [1.29, 1.82) is 0 Å². The van der Waals surface area contributed by atoms with Gasteiger partial charge in [-0.05, 0) is 62.4 Å². The molecule has 0 radical (unpaired) electrons. The van der Waals surface area contributed by atoms with E-state index < -0.39 is 0 Å². The fraction of sp³-hybridized carbons (Fsp3) is 0.323. The van der Waals surface area contributed by atoms with E-state index in [9.17, 15) is 0 Å². The third kappa shape index (κ3) is 3.65. The van der Waals surface area contributed by atoms with E-state index in [1.165, 1.54) is 36.6 Å². The number of nitrogens with zero attached hydrogens (tertiary/aromatic N) is 6. The minimum absolute atomic E-state index is 0.650. The Morgan fingerprint density at radius 2 is 1.68 bits per heavy atom. The van der Waals surface area contributed by atoms with Crippen molar-refractivity contribution >= 4 is 27.5 Å². The van der Waals surface area contributed by atoms with Crippen molar-refractivity contribution in [3.8, 4) is 22.4 Å². The van der Waals surface area contributed by atoms with Gasteiger partial charge in [-0.25, -0.2) is 4.85 Å². The van der Waals surface area contributed by atoms with Crippen molar-refractivity contribution < 1.29 is 0 Å². The maximum atomic E-state index is 7.37. The predicted molar refractivity (Wildman–Crippen MR) is 148 cm³/mol. The molecule has 0 N–H and O–H groups in total. The standard InChI is InChI=1S/C31H30N6/c1-32-24-7-4-21(5-8-24)30-27-12-13-37(19-20-14-25-9-10-26(15-20)35(25)2)29(27)18-33-31(30)22-6-11-28-23(16-22)17-34-36(28)3/h4-8,11-13,16-18,20,25-26H,9-10,14-15,19H2,2-3H3/t20?,25-,26+. The summed E-state index contributed by atoms with van der Waals surface area (Å²) in [5, 5.41) is 6.73. The first-order valence-electron chi connectivity index (χ1n) is 13.2. The van der Waals surface area contributed by atoms with Gasteiger partial charge in [0.1, 0.15) is 0 Å². The molecule has 184 valence electrons. The van der Waals surface area contributed by atoms with Gasteiger partial charge in [0.25, 0.3) is 0 Å². The van der Waals surface area contributed by atoms with Crippen molar-refractivity contribution in [3.05, 3.63) is 78.5 Å². The van der Waals surface area contributed by atoms with Gasteiger partial charge in [0.15, 0.2) is 5.69 Å². The fourth-order valence-corrected chi connectivity index (χ4v) is 6.79. The van der Waals surface area contributed by atoms with Crippen LogP contribution in [0.2, 0.25) is 0 Å². The first-order chi connectivity index (χ1) is 18.1. The minimum Gasteiger partial charge on any atom is -0.346 e. The normalized spacial score (nSPS) is 21.6. The molecule has 5 heterocycles. The first-order valence-corrected chi connectivity index (χ1v) is 13.2. The Hall–Kier alpha value is -3.95. The molecule has 3 aromatic heterocycles. The molecule has 2 fully saturated rings. The second-order valence-corrected chi connectivity index (χ2v) is 10.8. The number of rotatable bonds is 4. The summed E-state index contributed by atoms with van der Waals surface area (Å²) in [6.45, 7) is 8.42. The second kappa shape index (κ2) is 8.57. The molecule has 7 rings (SSSR count). The molecule has 0 saturated carbocycles. The van der Waals surface area contributed by atoms with E-state index in [-0.39, 0.29) is 0 Å². The largest absolute Gasteiger partial charge is 0.346 e. The van der Waals surface area contributed by atoms with Crippen LogP contribution in [0.1, 0.15) is 25.7 Å². The third-order valence-electron chi connectivity index (χ3n) is 8.78. The Kier molecular flexibility index (Phi) is 5.16. The van der Waals surface area contributed by atoms with Crippen LogP contribution in [0, 0.1) is 12.5 Å². The maximum Gasteiger partial charge on any atom is 0.187 e. The Balaban J connectivity index is 1.34. The van der Waals surface area contributed by atoms with Crippen LogP contribution in [0.15, 0.2) is 67.1 Å². The molecule has 3 atom stereocenters. The molecule has 0 spiro atoms. The van der Waals surface area contributed by atoms with Crippen LogP contribution >= 0.6 is 0 Å². The first kappa shape index (κ1) is 22.3. The molecular weight excluding hydrogens is 456 g/mol. The van der Waals surface area contributed by atoms with Gasteiger partial charge < -0.3 is 9.47 Å². The van der Waals surface area contributed by atoms with Crippen LogP contribution in [-0.4, -0.2) is 43.4 Å². The number of aryl methyl sites for hydroxylation is 1. The van der Waals surface area contributed by atoms with Crippen molar-refractivity contribution in [1.82, 2.24) is 24.2 Å². The van der Waals surface area contributed by atoms with Gasteiger partial charge in [0.2, 0.25) is 0 Å². The van der Waals surface area contributed by atoms with Crippen LogP contribution < -0.4 is 0 Å². The smallest absolute Gasteiger partial charge is 0.187 e. The van der Waals surface area contributed by atoms with Gasteiger partial charge in [-0.3, -0.25) is 9.67 Å². The summed E-state index contributed by atoms with van der Waals surface area (Å²) in [4.78, 5) is 11.3. The zero-order valence-electron chi connectivity index (χ0n) is 21.3. The quantitative estimate of drug-likeness (QED) is 0.266. The third-order valence-corrected chi connectivity index (χ3v) is 8.78. The summed E-state index contributed by atoms with van der Waals surface area (Å²) < 4.78 is 4.32. The van der Waals surface area contributed by atoms with E-state index in [0.29, 0.717) is 11.6 Å². The molecule has 2 aromatic carbocycles. The molecule has 5 aromatic rings. The van der Waals surface area contributed by atoms with Gasteiger partial charge in [0, 0.05) is 53.8 Å². The molecule has 1 unspecified atom stereocenters. The number of hydrogen-bond acceptors (Lipinski definition) is 3. The van der Waals surface area contributed by atoms with Crippen LogP contribution in [0.4, 0.5) is 5.69 Å². The summed E-state index contributed by atoms with van der Waals surface area (Å²) in [6.07, 6.45) is 11.5. The van der Waals surface area contributed by atoms with E-state index in [2.05, 4.69) is 75.3 Å². The predicted octanol–water partition coefficient (Wildman–Crippen LogP) is 6.68. The van der Waals surface area contributed by atoms with Gasteiger partial charge in [-0.1, -0.05) is 30.3 Å². The number of piperidine rings is 1. The highest BCUT2D eigenvalue weighted by Gasteiger charge is 2.38. The highest BCUT2D eigenvalue weighted by Crippen LogP contribution is 2.41. The molecule has 0 aliphatic carbocycles. The molecule has 2 bridgehead atoms. The number of hydrogen-bond donors (Lipinski definition) is 0. The minimum atomic E-state index is 0.650. The highest BCUT2D eigenvalue weighted by molar-refractivity contribution is 6.02. The molecule has 2 aliphatic rings. The van der Waals surface area contributed by atoms with Crippen LogP contribution in [0.3, 0.4) is 0 Å². The molecule has 2 aliphatic heterocycles. The zero-order chi connectivity index (χ0) is 25.1. The van der Waals surface area contributed by atoms with Crippen LogP contribution in [0.25, 0.3) is 49.0 Å². The van der Waals surface area contributed by atoms with Crippen LogP contribution in [-0.2, 0) is 13.6 Å². The summed E-state index contributed by atoms with van der Waals surface area (Å²) in [7, 11) is 4.28. The summed E-state index contributed by atoms with van der Waals surface area (Å²) in [6, 6.07) is 18.1. The second-order valence-electron chi connectivity index (χ2n) is 10.8. The van der Waals surface area contributed by atoms with Crippen molar-refractivity contribution in [3.63, 3.8) is 0 Å². The molecule has 6 nitrogen and oxygen atoms in total. The van der Waals surface area contributed by atoms with Crippen molar-refractivity contribution in [2.75, 3.05) is 7.05 Å². The lowest BCUT2D eigenvalue weighted by Gasteiger charge is -2.36. The van der Waals surface area contributed by atoms with Crippen molar-refractivity contribution in [2.45, 2.75) is 44.3 Å². The maximum absolute atomic E-state index is 7.37. The van der Waals surface area contributed by atoms with Gasteiger partial charge in [-0.15, -0.1) is 0 Å². The molecule has 37 heavy (non-hydrogen) atoms. The molecule has 2 saturated heterocycles. The lowest BCUT2D eigenvalue weighted by molar-refractivity contribution is 0.126.